The molecule has 0 bridgehead atoms. The average Bonchev–Trinajstić information content (AvgIpc) is 2.90. The molecule has 1 amide bonds. The molecule has 2 aromatic rings. The van der Waals surface area contributed by atoms with Gasteiger partial charge in [0.2, 0.25) is 0 Å². The fourth-order valence-corrected chi connectivity index (χ4v) is 1.85. The fourth-order valence-electron chi connectivity index (χ4n) is 1.85. The summed E-state index contributed by atoms with van der Waals surface area (Å²) in [5, 5.41) is 2.79. The van der Waals surface area contributed by atoms with Gasteiger partial charge in [0, 0.05) is 23.1 Å². The van der Waals surface area contributed by atoms with Crippen molar-refractivity contribution in [2.45, 2.75) is 0 Å². The van der Waals surface area contributed by atoms with E-state index in [1.807, 2.05) is 0 Å². The van der Waals surface area contributed by atoms with Crippen molar-refractivity contribution in [2.75, 3.05) is 11.1 Å². The molecule has 1 aromatic heterocycles. The number of nitrogens with two attached hydrogens (primary N) is 1. The van der Waals surface area contributed by atoms with Gasteiger partial charge in [0.25, 0.3) is 5.91 Å². The standard InChI is InChI=1S/C12H10N4O/c13-7-1-2-11-9(3-7)10(12(17)16-11)4-8-5-14-6-15-8/h1-6H,13H2,(H,14,15)(H,16,17). The predicted molar refractivity (Wildman–Crippen MR) is 65.9 cm³/mol. The maximum absolute atomic E-state index is 11.8. The van der Waals surface area contributed by atoms with Crippen molar-refractivity contribution in [3.8, 4) is 0 Å². The molecule has 4 N–H and O–H groups in total. The van der Waals surface area contributed by atoms with Crippen LogP contribution < -0.4 is 11.1 Å². The van der Waals surface area contributed by atoms with Gasteiger partial charge in [-0.1, -0.05) is 0 Å². The van der Waals surface area contributed by atoms with Crippen LogP contribution in [-0.4, -0.2) is 15.9 Å². The molecule has 1 aliphatic heterocycles. The first-order chi connectivity index (χ1) is 8.24. The lowest BCUT2D eigenvalue weighted by Crippen LogP contribution is -2.03. The summed E-state index contributed by atoms with van der Waals surface area (Å²) >= 11 is 0. The molecule has 0 saturated carbocycles. The molecule has 0 saturated heterocycles. The van der Waals surface area contributed by atoms with Gasteiger partial charge < -0.3 is 16.0 Å². The Morgan fingerprint density at radius 1 is 1.35 bits per heavy atom. The van der Waals surface area contributed by atoms with Gasteiger partial charge in [-0.05, 0) is 24.3 Å². The molecule has 0 atom stereocenters. The number of carbonyl (C=O) groups excluding carboxylic acids is 1. The molecule has 5 heteroatoms. The molecule has 0 spiro atoms. The molecule has 1 aliphatic rings. The van der Waals surface area contributed by atoms with Crippen LogP contribution in [0.25, 0.3) is 11.6 Å². The molecular weight excluding hydrogens is 216 g/mol. The minimum absolute atomic E-state index is 0.131. The van der Waals surface area contributed by atoms with Crippen LogP contribution in [0.3, 0.4) is 0 Å². The van der Waals surface area contributed by atoms with Crippen molar-refractivity contribution in [2.24, 2.45) is 0 Å². The Morgan fingerprint density at radius 3 is 3.00 bits per heavy atom. The second-order valence-electron chi connectivity index (χ2n) is 3.81. The number of carbonyl (C=O) groups is 1. The van der Waals surface area contributed by atoms with Crippen molar-refractivity contribution < 1.29 is 4.79 Å². The van der Waals surface area contributed by atoms with Gasteiger partial charge in [-0.3, -0.25) is 4.79 Å². The zero-order valence-corrected chi connectivity index (χ0v) is 8.90. The van der Waals surface area contributed by atoms with Crippen molar-refractivity contribution in [1.82, 2.24) is 9.97 Å². The lowest BCUT2D eigenvalue weighted by atomic mass is 10.1. The molecule has 1 aromatic carbocycles. The van der Waals surface area contributed by atoms with Crippen LogP contribution in [0.1, 0.15) is 11.3 Å². The lowest BCUT2D eigenvalue weighted by Gasteiger charge is -1.99. The summed E-state index contributed by atoms with van der Waals surface area (Å²) < 4.78 is 0. The highest BCUT2D eigenvalue weighted by atomic mass is 16.2. The topological polar surface area (TPSA) is 83.8 Å². The number of nitrogens with one attached hydrogen (secondary N) is 2. The van der Waals surface area contributed by atoms with Gasteiger partial charge in [0.1, 0.15) is 0 Å². The number of anilines is 2. The van der Waals surface area contributed by atoms with Gasteiger partial charge >= 0.3 is 0 Å². The third-order valence-corrected chi connectivity index (χ3v) is 2.64. The van der Waals surface area contributed by atoms with Crippen LogP contribution in [0.5, 0.6) is 0 Å². The number of benzene rings is 1. The summed E-state index contributed by atoms with van der Waals surface area (Å²) in [5.41, 5.74) is 9.25. The van der Waals surface area contributed by atoms with Crippen molar-refractivity contribution in [3.05, 3.63) is 42.0 Å². The quantitative estimate of drug-likeness (QED) is 0.508. The number of H-pyrrole nitrogens is 1. The molecule has 17 heavy (non-hydrogen) atoms. The molecule has 84 valence electrons. The first kappa shape index (κ1) is 9.65. The molecular formula is C12H10N4O. The summed E-state index contributed by atoms with van der Waals surface area (Å²) in [7, 11) is 0. The number of hydrogen-bond donors (Lipinski definition) is 3. The number of hydrogen-bond acceptors (Lipinski definition) is 3. The lowest BCUT2D eigenvalue weighted by molar-refractivity contribution is -0.110. The highest BCUT2D eigenvalue weighted by molar-refractivity contribution is 6.35. The van der Waals surface area contributed by atoms with Gasteiger partial charge in [0.15, 0.2) is 0 Å². The highest BCUT2D eigenvalue weighted by Gasteiger charge is 2.24. The Morgan fingerprint density at radius 2 is 2.24 bits per heavy atom. The van der Waals surface area contributed by atoms with Gasteiger partial charge in [-0.2, -0.15) is 0 Å². The number of amides is 1. The minimum atomic E-state index is -0.131. The monoisotopic (exact) mass is 226 g/mol. The zero-order valence-electron chi connectivity index (χ0n) is 8.90. The zero-order chi connectivity index (χ0) is 11.8. The average molecular weight is 226 g/mol. The van der Waals surface area contributed by atoms with Crippen LogP contribution in [0, 0.1) is 0 Å². The van der Waals surface area contributed by atoms with E-state index in [1.54, 1.807) is 36.8 Å². The Bertz CT molecular complexity index is 613. The van der Waals surface area contributed by atoms with Crippen LogP contribution in [-0.2, 0) is 4.79 Å². The van der Waals surface area contributed by atoms with Crippen LogP contribution in [0.4, 0.5) is 11.4 Å². The fraction of sp³-hybridized carbons (Fsp3) is 0. The van der Waals surface area contributed by atoms with E-state index < -0.39 is 0 Å². The van der Waals surface area contributed by atoms with Crippen molar-refractivity contribution in [3.63, 3.8) is 0 Å². The highest BCUT2D eigenvalue weighted by Crippen LogP contribution is 2.33. The van der Waals surface area contributed by atoms with E-state index in [1.165, 1.54) is 0 Å². The number of imidazole rings is 1. The van der Waals surface area contributed by atoms with E-state index in [0.29, 0.717) is 17.0 Å². The number of aromatic amines is 1. The van der Waals surface area contributed by atoms with Crippen LogP contribution in [0.15, 0.2) is 30.7 Å². The summed E-state index contributed by atoms with van der Waals surface area (Å²) in [4.78, 5) is 18.7. The summed E-state index contributed by atoms with van der Waals surface area (Å²) in [6.45, 7) is 0. The third kappa shape index (κ3) is 1.57. The Balaban J connectivity index is 2.13. The summed E-state index contributed by atoms with van der Waals surface area (Å²) in [5.74, 6) is -0.131. The number of aromatic nitrogens is 2. The third-order valence-electron chi connectivity index (χ3n) is 2.64. The van der Waals surface area contributed by atoms with Gasteiger partial charge in [-0.25, -0.2) is 4.98 Å². The van der Waals surface area contributed by atoms with Gasteiger partial charge in [-0.15, -0.1) is 0 Å². The Labute approximate surface area is 97.4 Å². The molecule has 0 fully saturated rings. The SMILES string of the molecule is Nc1ccc2c(c1)C(=Cc1c[nH]cn1)C(=O)N2. The molecule has 0 radical (unpaired) electrons. The second-order valence-corrected chi connectivity index (χ2v) is 3.81. The van der Waals surface area contributed by atoms with Gasteiger partial charge in [0.05, 0.1) is 17.6 Å². The first-order valence-corrected chi connectivity index (χ1v) is 5.16. The molecule has 0 unspecified atom stereocenters. The van der Waals surface area contributed by atoms with Crippen molar-refractivity contribution >= 4 is 28.9 Å². The maximum Gasteiger partial charge on any atom is 0.256 e. The van der Waals surface area contributed by atoms with Crippen molar-refractivity contribution in [1.29, 1.82) is 0 Å². The molecule has 3 rings (SSSR count). The van der Waals surface area contributed by atoms with Crippen LogP contribution >= 0.6 is 0 Å². The number of nitrogen functional groups attached to an aromatic ring is 1. The largest absolute Gasteiger partial charge is 0.399 e. The maximum atomic E-state index is 11.8. The van der Waals surface area contributed by atoms with Crippen LogP contribution in [0.2, 0.25) is 0 Å². The molecule has 2 heterocycles. The predicted octanol–water partition coefficient (Wildman–Crippen LogP) is 1.48. The number of nitrogens with zero attached hydrogens (tertiary/aromatic N) is 1. The Kier molecular flexibility index (Phi) is 1.98. The smallest absolute Gasteiger partial charge is 0.256 e. The van der Waals surface area contributed by atoms with E-state index in [9.17, 15) is 4.79 Å². The number of fused-ring (bicyclic) bond motifs is 1. The Hall–Kier alpha value is -2.56. The van der Waals surface area contributed by atoms with E-state index in [4.69, 9.17) is 5.73 Å². The van der Waals surface area contributed by atoms with E-state index in [2.05, 4.69) is 15.3 Å². The number of rotatable bonds is 1. The van der Waals surface area contributed by atoms with E-state index in [-0.39, 0.29) is 5.91 Å². The molecule has 5 nitrogen and oxygen atoms in total. The normalized spacial score (nSPS) is 16.0. The van der Waals surface area contributed by atoms with E-state index in [0.717, 1.165) is 11.3 Å². The summed E-state index contributed by atoms with van der Waals surface area (Å²) in [6, 6.07) is 5.34. The second kappa shape index (κ2) is 3.48. The molecule has 0 aliphatic carbocycles. The summed E-state index contributed by atoms with van der Waals surface area (Å²) in [6.07, 6.45) is 5.03. The first-order valence-electron chi connectivity index (χ1n) is 5.16. The van der Waals surface area contributed by atoms with E-state index >= 15 is 0 Å². The minimum Gasteiger partial charge on any atom is -0.399 e.